The van der Waals surface area contributed by atoms with Crippen molar-refractivity contribution in [3.8, 4) is 22.2 Å². The lowest BCUT2D eigenvalue weighted by atomic mass is 9.85. The fourth-order valence-corrected chi connectivity index (χ4v) is 9.49. The number of thiazole rings is 1. The molecule has 296 valence electrons. The number of fused-ring (bicyclic) bond motifs is 2. The quantitative estimate of drug-likeness (QED) is 0.177. The van der Waals surface area contributed by atoms with E-state index in [1.165, 1.54) is 29.8 Å². The van der Waals surface area contributed by atoms with E-state index in [0.717, 1.165) is 18.5 Å². The van der Waals surface area contributed by atoms with Gasteiger partial charge in [0.2, 0.25) is 11.8 Å². The van der Waals surface area contributed by atoms with Crippen molar-refractivity contribution in [2.24, 2.45) is 23.2 Å². The van der Waals surface area contributed by atoms with Gasteiger partial charge >= 0.3 is 12.1 Å². The molecule has 1 aromatic carbocycles. The molecule has 0 bridgehead atoms. The molecule has 1 aliphatic heterocycles. The van der Waals surface area contributed by atoms with Gasteiger partial charge in [-0.2, -0.15) is 0 Å². The number of carboxylic acid groups (broad SMARTS) is 1. The Bertz CT molecular complexity index is 2010. The fourth-order valence-electron chi connectivity index (χ4n) is 8.26. The van der Waals surface area contributed by atoms with Crippen LogP contribution in [0.5, 0.6) is 11.5 Å². The molecule has 3 aromatic rings. The van der Waals surface area contributed by atoms with E-state index >= 15 is 0 Å². The number of hydrogen-bond donors (Lipinski definition) is 3. The second-order valence-electron chi connectivity index (χ2n) is 17.0. The molecule has 1 unspecified atom stereocenters. The smallest absolute Gasteiger partial charge is 0.408 e. The van der Waals surface area contributed by atoms with Crippen molar-refractivity contribution in [3.05, 3.63) is 34.3 Å². The Morgan fingerprint density at radius 1 is 1.07 bits per heavy atom. The average Bonchev–Trinajstić information content (AvgIpc) is 3.77. The highest BCUT2D eigenvalue weighted by atomic mass is 35.5. The van der Waals surface area contributed by atoms with Crippen molar-refractivity contribution in [1.29, 1.82) is 0 Å². The zero-order valence-corrected chi connectivity index (χ0v) is 33.9. The molecule has 1 saturated heterocycles. The van der Waals surface area contributed by atoms with Gasteiger partial charge in [-0.1, -0.05) is 59.6 Å². The van der Waals surface area contributed by atoms with Crippen LogP contribution in [0.1, 0.15) is 91.7 Å². The highest BCUT2D eigenvalue weighted by molar-refractivity contribution is 7.13. The predicted molar refractivity (Wildman–Crippen MR) is 207 cm³/mol. The molecule has 15 heteroatoms. The number of hydrogen-bond acceptors (Lipinski definition) is 10. The van der Waals surface area contributed by atoms with Crippen LogP contribution in [0.2, 0.25) is 5.02 Å². The van der Waals surface area contributed by atoms with Crippen LogP contribution in [0.15, 0.2) is 23.6 Å². The summed E-state index contributed by atoms with van der Waals surface area (Å²) in [5, 5.41) is 19.3. The number of nitrogens with one attached hydrogen (secondary N) is 2. The summed E-state index contributed by atoms with van der Waals surface area (Å²) in [6.45, 7) is 11.5. The molecule has 3 heterocycles. The zero-order valence-electron chi connectivity index (χ0n) is 32.3. The Kier molecular flexibility index (Phi) is 10.5. The number of benzene rings is 1. The van der Waals surface area contributed by atoms with E-state index in [0.29, 0.717) is 62.8 Å². The maximum atomic E-state index is 14.7. The Morgan fingerprint density at radius 2 is 1.80 bits per heavy atom. The maximum Gasteiger partial charge on any atom is 0.408 e. The van der Waals surface area contributed by atoms with Crippen LogP contribution in [0, 0.1) is 23.2 Å². The minimum Gasteiger partial charge on any atom is -0.495 e. The van der Waals surface area contributed by atoms with Crippen molar-refractivity contribution in [2.75, 3.05) is 13.7 Å². The zero-order chi connectivity index (χ0) is 39.6. The number of alkyl carbamates (subject to hydrolysis) is 1. The Balaban J connectivity index is 1.20. The number of rotatable bonds is 12. The summed E-state index contributed by atoms with van der Waals surface area (Å²) in [7, 11) is 1.52. The van der Waals surface area contributed by atoms with Crippen molar-refractivity contribution in [3.63, 3.8) is 0 Å². The van der Waals surface area contributed by atoms with Gasteiger partial charge in [0.15, 0.2) is 0 Å². The van der Waals surface area contributed by atoms with Crippen molar-refractivity contribution < 1.29 is 38.5 Å². The van der Waals surface area contributed by atoms with Crippen LogP contribution in [0.4, 0.5) is 4.79 Å². The first-order valence-corrected chi connectivity index (χ1v) is 20.4. The molecule has 0 radical (unpaired) electrons. The number of aromatic nitrogens is 2. The molecule has 3 saturated carbocycles. The van der Waals surface area contributed by atoms with Gasteiger partial charge in [0, 0.05) is 23.3 Å². The molecule has 3 amide bonds. The number of carboxylic acids is 1. The van der Waals surface area contributed by atoms with Crippen LogP contribution in [-0.4, -0.2) is 87.3 Å². The first-order valence-electron chi connectivity index (χ1n) is 19.2. The van der Waals surface area contributed by atoms with Crippen LogP contribution < -0.4 is 20.1 Å². The molecule has 55 heavy (non-hydrogen) atoms. The van der Waals surface area contributed by atoms with Gasteiger partial charge < -0.3 is 34.9 Å². The van der Waals surface area contributed by atoms with E-state index in [-0.39, 0.29) is 30.9 Å². The summed E-state index contributed by atoms with van der Waals surface area (Å²) in [4.78, 5) is 65.6. The molecule has 13 nitrogen and oxygen atoms in total. The van der Waals surface area contributed by atoms with Gasteiger partial charge in [0.05, 0.1) is 24.9 Å². The molecule has 3 N–H and O–H groups in total. The van der Waals surface area contributed by atoms with E-state index < -0.39 is 53.0 Å². The topological polar surface area (TPSA) is 169 Å². The van der Waals surface area contributed by atoms with Gasteiger partial charge in [-0.25, -0.2) is 19.6 Å². The normalized spacial score (nSPS) is 27.4. The minimum absolute atomic E-state index is 0.0126. The number of pyridine rings is 1. The number of ether oxygens (including phenoxy) is 3. The van der Waals surface area contributed by atoms with Gasteiger partial charge in [-0.3, -0.25) is 9.59 Å². The lowest BCUT2D eigenvalue weighted by Crippen LogP contribution is -2.59. The molecule has 8 atom stereocenters. The molecule has 4 aliphatic rings. The number of amides is 3. The van der Waals surface area contributed by atoms with Gasteiger partial charge in [0.25, 0.3) is 0 Å². The highest BCUT2D eigenvalue weighted by Crippen LogP contribution is 2.52. The summed E-state index contributed by atoms with van der Waals surface area (Å²) < 4.78 is 18.0. The van der Waals surface area contributed by atoms with E-state index in [1.807, 2.05) is 33.1 Å². The lowest BCUT2D eigenvalue weighted by molar-refractivity contribution is -0.146. The first kappa shape index (κ1) is 39.1. The van der Waals surface area contributed by atoms with E-state index in [2.05, 4.69) is 24.5 Å². The Labute approximate surface area is 329 Å². The third kappa shape index (κ3) is 7.68. The summed E-state index contributed by atoms with van der Waals surface area (Å²) >= 11 is 8.27. The summed E-state index contributed by atoms with van der Waals surface area (Å²) in [5.41, 5.74) is -0.276. The van der Waals surface area contributed by atoms with Crippen LogP contribution >= 0.6 is 22.9 Å². The fraction of sp³-hybridized carbons (Fsp3) is 0.600. The molecule has 4 fully saturated rings. The van der Waals surface area contributed by atoms with Crippen LogP contribution in [0.25, 0.3) is 21.6 Å². The standard InChI is InChI=1S/C40H50ClN5O8S/c1-8-22-16-40(22,37(49)50)45-34(47)28-14-24(17-46(28)36(48)33(39(4,5)6)44-38(51)54-23-12-20-11-21(20)13-23)53-30-15-26(35-43-27(18-55-35)19(2)3)42-32-25(30)9-10-29(52-7)31(32)41/h9-10,15,18-24,28,33H,8,11-14,16-17H2,1-7H3,(H,44,51)(H,45,47)(H,49,50)/t20-,21+,22-,23+,24-,28+,33?,40-/m1/s1. The second-order valence-corrected chi connectivity index (χ2v) is 18.2. The van der Waals surface area contributed by atoms with Crippen molar-refractivity contribution in [2.45, 2.75) is 116 Å². The Morgan fingerprint density at radius 3 is 2.40 bits per heavy atom. The van der Waals surface area contributed by atoms with E-state index in [4.69, 9.17) is 35.8 Å². The largest absolute Gasteiger partial charge is 0.495 e. The third-order valence-electron chi connectivity index (χ3n) is 11.7. The first-order chi connectivity index (χ1) is 26.0. The molecule has 3 aliphatic carbocycles. The minimum atomic E-state index is -1.40. The van der Waals surface area contributed by atoms with Crippen LogP contribution in [0.3, 0.4) is 0 Å². The summed E-state index contributed by atoms with van der Waals surface area (Å²) in [6.07, 6.45) is 2.21. The third-order valence-corrected chi connectivity index (χ3v) is 13.0. The maximum absolute atomic E-state index is 14.7. The summed E-state index contributed by atoms with van der Waals surface area (Å²) in [6, 6.07) is 3.16. The lowest BCUT2D eigenvalue weighted by Gasteiger charge is -2.35. The number of aliphatic carboxylic acids is 1. The van der Waals surface area contributed by atoms with Gasteiger partial charge in [-0.05, 0) is 66.9 Å². The van der Waals surface area contributed by atoms with Gasteiger partial charge in [0.1, 0.15) is 57.1 Å². The highest BCUT2D eigenvalue weighted by Gasteiger charge is 2.61. The number of methoxy groups -OCH3 is 1. The van der Waals surface area contributed by atoms with Gasteiger partial charge in [-0.15, -0.1) is 11.3 Å². The van der Waals surface area contributed by atoms with E-state index in [9.17, 15) is 24.3 Å². The number of carbonyl (C=O) groups is 4. The van der Waals surface area contributed by atoms with Crippen molar-refractivity contribution >= 4 is 57.7 Å². The SMILES string of the molecule is CC[C@@H]1C[C@]1(NC(=O)[C@@H]1C[C@@H](Oc2cc(-c3nc(C(C)C)cs3)nc3c(Cl)c(OC)ccc23)CN1C(=O)C(NC(=O)O[C@@H]1C[C@@H]2C[C@@H]2C1)C(C)(C)C)C(=O)O. The monoisotopic (exact) mass is 795 g/mol. The number of halogens is 1. The second kappa shape index (κ2) is 14.7. The molecular weight excluding hydrogens is 746 g/mol. The molecule has 2 aromatic heterocycles. The molecular formula is C40H50ClN5O8S. The van der Waals surface area contributed by atoms with Crippen LogP contribution in [-0.2, 0) is 19.1 Å². The van der Waals surface area contributed by atoms with Crippen molar-refractivity contribution in [1.82, 2.24) is 25.5 Å². The van der Waals surface area contributed by atoms with E-state index in [1.54, 1.807) is 18.2 Å². The Hall–Kier alpha value is -4.17. The summed E-state index contributed by atoms with van der Waals surface area (Å²) in [5.74, 6) is -0.133. The molecule has 7 rings (SSSR count). The number of nitrogens with zero attached hydrogens (tertiary/aromatic N) is 3. The predicted octanol–water partition coefficient (Wildman–Crippen LogP) is 6.80. The molecule has 0 spiro atoms. The number of carbonyl (C=O) groups excluding carboxylic acids is 3. The average molecular weight is 796 g/mol. The number of likely N-dealkylation sites (tertiary alicyclic amines) is 1.